The van der Waals surface area contributed by atoms with Gasteiger partial charge in [0.2, 0.25) is 5.82 Å². The number of rotatable bonds is 1. The summed E-state index contributed by atoms with van der Waals surface area (Å²) < 4.78 is -1.58. The van der Waals surface area contributed by atoms with Gasteiger partial charge in [0.1, 0.15) is 5.82 Å². The summed E-state index contributed by atoms with van der Waals surface area (Å²) in [5.41, 5.74) is 5.24. The molecule has 0 saturated carbocycles. The van der Waals surface area contributed by atoms with Crippen LogP contribution in [-0.4, -0.2) is 15.2 Å². The van der Waals surface area contributed by atoms with Crippen molar-refractivity contribution < 1.29 is 0 Å². The maximum atomic E-state index is 5.47. The van der Waals surface area contributed by atoms with Crippen LogP contribution in [0.3, 0.4) is 0 Å². The summed E-state index contributed by atoms with van der Waals surface area (Å²) in [6.45, 7) is 0.244. The van der Waals surface area contributed by atoms with Crippen LogP contribution in [-0.2, 0) is 10.3 Å². The Morgan fingerprint density at radius 1 is 1.45 bits per heavy atom. The fourth-order valence-electron chi connectivity index (χ4n) is 0.513. The van der Waals surface area contributed by atoms with Crippen LogP contribution < -0.4 is 5.73 Å². The molecule has 0 unspecified atom stereocenters. The van der Waals surface area contributed by atoms with E-state index in [2.05, 4.69) is 15.2 Å². The molecule has 7 heteroatoms. The minimum Gasteiger partial charge on any atom is -0.324 e. The molecule has 1 rings (SSSR count). The van der Waals surface area contributed by atoms with E-state index >= 15 is 0 Å². The number of halogens is 3. The Balaban J connectivity index is 2.89. The predicted molar refractivity (Wildman–Crippen MR) is 43.5 cm³/mol. The number of nitrogens with zero attached hydrogens (tertiary/aromatic N) is 2. The second kappa shape index (κ2) is 3.15. The van der Waals surface area contributed by atoms with E-state index < -0.39 is 3.79 Å². The van der Waals surface area contributed by atoms with Crippen molar-refractivity contribution in [3.05, 3.63) is 11.6 Å². The average molecular weight is 215 g/mol. The molecule has 3 N–H and O–H groups in total. The van der Waals surface area contributed by atoms with Crippen molar-refractivity contribution in [3.63, 3.8) is 0 Å². The van der Waals surface area contributed by atoms with Crippen molar-refractivity contribution in [2.75, 3.05) is 0 Å². The van der Waals surface area contributed by atoms with Crippen molar-refractivity contribution in [1.29, 1.82) is 0 Å². The molecular weight excluding hydrogens is 210 g/mol. The molecule has 0 amide bonds. The van der Waals surface area contributed by atoms with E-state index in [-0.39, 0.29) is 12.4 Å². The molecule has 4 nitrogen and oxygen atoms in total. The number of hydrogen-bond acceptors (Lipinski definition) is 3. The smallest absolute Gasteiger partial charge is 0.251 e. The summed E-state index contributed by atoms with van der Waals surface area (Å²) in [6, 6.07) is 0. The van der Waals surface area contributed by atoms with Gasteiger partial charge in [-0.3, -0.25) is 5.10 Å². The van der Waals surface area contributed by atoms with Crippen LogP contribution in [0.1, 0.15) is 11.6 Å². The molecule has 62 valence electrons. The van der Waals surface area contributed by atoms with Crippen molar-refractivity contribution in [1.82, 2.24) is 15.2 Å². The fourth-order valence-corrected chi connectivity index (χ4v) is 0.767. The number of nitrogens with two attached hydrogens (primary N) is 1. The van der Waals surface area contributed by atoms with E-state index in [0.29, 0.717) is 5.82 Å². The minimum absolute atomic E-state index is 0.114. The highest BCUT2D eigenvalue weighted by Crippen LogP contribution is 2.35. The van der Waals surface area contributed by atoms with Crippen molar-refractivity contribution in [2.24, 2.45) is 5.73 Å². The van der Waals surface area contributed by atoms with Gasteiger partial charge in [-0.05, 0) is 0 Å². The zero-order valence-electron chi connectivity index (χ0n) is 5.31. The molecule has 0 aromatic carbocycles. The Morgan fingerprint density at radius 3 is 2.36 bits per heavy atom. The number of aromatic nitrogens is 3. The molecule has 1 heterocycles. The minimum atomic E-state index is -1.58. The molecule has 0 saturated heterocycles. The van der Waals surface area contributed by atoms with Gasteiger partial charge in [-0.1, -0.05) is 34.8 Å². The second-order valence-electron chi connectivity index (χ2n) is 1.81. The first-order valence-corrected chi connectivity index (χ1v) is 3.86. The van der Waals surface area contributed by atoms with E-state index in [1.54, 1.807) is 0 Å². The fraction of sp³-hybridized carbons (Fsp3) is 0.500. The Morgan fingerprint density at radius 2 is 2.09 bits per heavy atom. The molecule has 0 bridgehead atoms. The first kappa shape index (κ1) is 9.06. The molecule has 0 aliphatic carbocycles. The summed E-state index contributed by atoms with van der Waals surface area (Å²) in [4.78, 5) is 3.81. The van der Waals surface area contributed by atoms with Crippen LogP contribution in [0.4, 0.5) is 0 Å². The molecule has 0 radical (unpaired) electrons. The van der Waals surface area contributed by atoms with Gasteiger partial charge in [0.05, 0.1) is 6.54 Å². The van der Waals surface area contributed by atoms with Crippen LogP contribution in [0.2, 0.25) is 0 Å². The molecule has 0 aliphatic rings. The second-order valence-corrected chi connectivity index (χ2v) is 4.09. The maximum absolute atomic E-state index is 5.47. The first-order chi connectivity index (χ1) is 5.04. The maximum Gasteiger partial charge on any atom is 0.251 e. The summed E-state index contributed by atoms with van der Waals surface area (Å²) in [6.07, 6.45) is 0. The molecule has 1 aromatic rings. The van der Waals surface area contributed by atoms with Gasteiger partial charge >= 0.3 is 0 Å². The normalized spacial score (nSPS) is 12.0. The lowest BCUT2D eigenvalue weighted by Crippen LogP contribution is -2.03. The highest BCUT2D eigenvalue weighted by atomic mass is 35.6. The highest BCUT2D eigenvalue weighted by molar-refractivity contribution is 6.66. The van der Waals surface area contributed by atoms with Crippen LogP contribution in [0.15, 0.2) is 0 Å². The van der Waals surface area contributed by atoms with Crippen LogP contribution in [0, 0.1) is 0 Å². The van der Waals surface area contributed by atoms with E-state index in [4.69, 9.17) is 40.5 Å². The number of H-pyrrole nitrogens is 1. The van der Waals surface area contributed by atoms with Gasteiger partial charge in [-0.25, -0.2) is 4.98 Å². The average Bonchev–Trinajstić information content (AvgIpc) is 2.32. The van der Waals surface area contributed by atoms with Crippen molar-refractivity contribution in [2.45, 2.75) is 10.3 Å². The Bertz CT molecular complexity index is 240. The van der Waals surface area contributed by atoms with Gasteiger partial charge in [0.15, 0.2) is 0 Å². The zero-order chi connectivity index (χ0) is 8.48. The summed E-state index contributed by atoms with van der Waals surface area (Å²) >= 11 is 16.4. The molecule has 0 spiro atoms. The van der Waals surface area contributed by atoms with Crippen LogP contribution in [0.5, 0.6) is 0 Å². The first-order valence-electron chi connectivity index (χ1n) is 2.72. The third-order valence-corrected chi connectivity index (χ3v) is 1.49. The number of aromatic amines is 1. The van der Waals surface area contributed by atoms with Gasteiger partial charge in [0.25, 0.3) is 3.79 Å². The SMILES string of the molecule is NCc1nc(C(Cl)(Cl)Cl)n[nH]1. The van der Waals surface area contributed by atoms with E-state index in [0.717, 1.165) is 0 Å². The Kier molecular flexibility index (Phi) is 2.59. The van der Waals surface area contributed by atoms with Crippen molar-refractivity contribution >= 4 is 34.8 Å². The lowest BCUT2D eigenvalue weighted by Gasteiger charge is -2.02. The predicted octanol–water partition coefficient (Wildman–Crippen LogP) is 1.09. The topological polar surface area (TPSA) is 67.6 Å². The van der Waals surface area contributed by atoms with Crippen LogP contribution in [0.25, 0.3) is 0 Å². The number of nitrogens with one attached hydrogen (secondary N) is 1. The lowest BCUT2D eigenvalue weighted by atomic mass is 10.6. The summed E-state index contributed by atoms with van der Waals surface area (Å²) in [7, 11) is 0. The van der Waals surface area contributed by atoms with E-state index in [1.165, 1.54) is 0 Å². The van der Waals surface area contributed by atoms with E-state index in [9.17, 15) is 0 Å². The van der Waals surface area contributed by atoms with Gasteiger partial charge in [0, 0.05) is 0 Å². The quantitative estimate of drug-likeness (QED) is 0.689. The molecular formula is C4H5Cl3N4. The summed E-state index contributed by atoms with van der Waals surface area (Å²) in [5.74, 6) is 0.606. The third-order valence-electron chi connectivity index (χ3n) is 0.979. The monoisotopic (exact) mass is 214 g/mol. The largest absolute Gasteiger partial charge is 0.324 e. The van der Waals surface area contributed by atoms with Crippen molar-refractivity contribution in [3.8, 4) is 0 Å². The van der Waals surface area contributed by atoms with E-state index in [1.807, 2.05) is 0 Å². The number of hydrogen-bond donors (Lipinski definition) is 2. The van der Waals surface area contributed by atoms with Gasteiger partial charge in [-0.2, -0.15) is 5.10 Å². The Hall–Kier alpha value is -0.0300. The number of alkyl halides is 3. The molecule has 0 atom stereocenters. The lowest BCUT2D eigenvalue weighted by molar-refractivity contribution is 0.916. The third kappa shape index (κ3) is 2.20. The molecule has 11 heavy (non-hydrogen) atoms. The van der Waals surface area contributed by atoms with Gasteiger partial charge < -0.3 is 5.73 Å². The van der Waals surface area contributed by atoms with Crippen LogP contribution >= 0.6 is 34.8 Å². The standard InChI is InChI=1S/C4H5Cl3N4/c5-4(6,7)3-9-2(1-8)10-11-3/h1,8H2,(H,9,10,11). The van der Waals surface area contributed by atoms with Gasteiger partial charge in [-0.15, -0.1) is 0 Å². The molecule has 1 aromatic heterocycles. The summed E-state index contributed by atoms with van der Waals surface area (Å²) in [5, 5.41) is 6.17. The zero-order valence-corrected chi connectivity index (χ0v) is 7.58. The highest BCUT2D eigenvalue weighted by Gasteiger charge is 2.27. The molecule has 0 aliphatic heterocycles. The molecule has 0 fully saturated rings. The Labute approximate surface area is 78.0 Å².